The third-order valence-corrected chi connectivity index (χ3v) is 3.87. The minimum atomic E-state index is 0.259. The van der Waals surface area contributed by atoms with Gasteiger partial charge in [-0.25, -0.2) is 4.98 Å². The smallest absolute Gasteiger partial charge is 0.215 e. The van der Waals surface area contributed by atoms with Crippen molar-refractivity contribution in [2.24, 2.45) is 0 Å². The van der Waals surface area contributed by atoms with Gasteiger partial charge in [-0.05, 0) is 17.7 Å². The van der Waals surface area contributed by atoms with Gasteiger partial charge in [0.25, 0.3) is 0 Å². The second-order valence-electron chi connectivity index (χ2n) is 4.51. The fourth-order valence-electron chi connectivity index (χ4n) is 2.08. The van der Waals surface area contributed by atoms with Crippen molar-refractivity contribution >= 4 is 52.7 Å². The Morgan fingerprint density at radius 3 is 2.73 bits per heavy atom. The number of carbonyl (C=O) groups is 1. The Balaban J connectivity index is 2.03. The lowest BCUT2D eigenvalue weighted by Gasteiger charge is -2.19. The number of rotatable bonds is 4. The molecule has 3 aromatic rings. The molecule has 0 aliphatic heterocycles. The van der Waals surface area contributed by atoms with Crippen LogP contribution in [-0.4, -0.2) is 21.0 Å². The number of amides is 1. The van der Waals surface area contributed by atoms with E-state index >= 15 is 0 Å². The summed E-state index contributed by atoms with van der Waals surface area (Å²) >= 11 is 18.0. The molecular weight excluding hydrogens is 347 g/mol. The standard InChI is InChI=1S/C14H9Cl3N4O/c15-10-2-1-9(11(16)5-10)7-20(8-22)14-6-12(17)19-13-3-4-18-21(13)14/h1-6,8H,7H2. The van der Waals surface area contributed by atoms with Crippen molar-refractivity contribution in [1.82, 2.24) is 14.6 Å². The summed E-state index contributed by atoms with van der Waals surface area (Å²) < 4.78 is 1.53. The molecule has 0 unspecified atom stereocenters. The second kappa shape index (κ2) is 6.12. The monoisotopic (exact) mass is 354 g/mol. The molecule has 0 aliphatic rings. The SMILES string of the molecule is O=CN(Cc1ccc(Cl)cc1Cl)c1cc(Cl)nc2ccnn12. The van der Waals surface area contributed by atoms with Crippen LogP contribution in [0.2, 0.25) is 15.2 Å². The van der Waals surface area contributed by atoms with Crippen LogP contribution < -0.4 is 4.90 Å². The topological polar surface area (TPSA) is 50.5 Å². The van der Waals surface area contributed by atoms with Crippen LogP contribution in [0.5, 0.6) is 0 Å². The van der Waals surface area contributed by atoms with Crippen molar-refractivity contribution in [3.05, 3.63) is 57.3 Å². The van der Waals surface area contributed by atoms with Gasteiger partial charge in [-0.1, -0.05) is 40.9 Å². The van der Waals surface area contributed by atoms with E-state index in [1.807, 2.05) is 0 Å². The molecule has 2 aromatic heterocycles. The molecule has 0 saturated carbocycles. The molecule has 0 fully saturated rings. The molecule has 0 bridgehead atoms. The number of fused-ring (bicyclic) bond motifs is 1. The molecule has 8 heteroatoms. The summed E-state index contributed by atoms with van der Waals surface area (Å²) in [5, 5.41) is 5.44. The Morgan fingerprint density at radius 1 is 1.18 bits per heavy atom. The van der Waals surface area contributed by atoms with Crippen molar-refractivity contribution in [3.8, 4) is 0 Å². The third-order valence-electron chi connectivity index (χ3n) is 3.09. The highest BCUT2D eigenvalue weighted by Gasteiger charge is 2.14. The molecule has 0 spiro atoms. The van der Waals surface area contributed by atoms with E-state index in [2.05, 4.69) is 10.1 Å². The first-order valence-electron chi connectivity index (χ1n) is 6.24. The Morgan fingerprint density at radius 2 is 2.00 bits per heavy atom. The number of hydrogen-bond donors (Lipinski definition) is 0. The number of halogens is 3. The molecule has 0 radical (unpaired) electrons. The van der Waals surface area contributed by atoms with Gasteiger partial charge in [0.1, 0.15) is 11.0 Å². The summed E-state index contributed by atoms with van der Waals surface area (Å²) in [7, 11) is 0. The minimum absolute atomic E-state index is 0.259. The molecule has 3 rings (SSSR count). The largest absolute Gasteiger partial charge is 0.295 e. The maximum Gasteiger partial charge on any atom is 0.215 e. The first kappa shape index (κ1) is 15.1. The highest BCUT2D eigenvalue weighted by atomic mass is 35.5. The third kappa shape index (κ3) is 2.88. The molecule has 2 heterocycles. The molecule has 0 aliphatic carbocycles. The molecule has 112 valence electrons. The Labute approximate surface area is 141 Å². The van der Waals surface area contributed by atoms with Crippen molar-refractivity contribution < 1.29 is 4.79 Å². The number of anilines is 1. The van der Waals surface area contributed by atoms with Crippen LogP contribution in [0, 0.1) is 0 Å². The van der Waals surface area contributed by atoms with Gasteiger partial charge in [0.2, 0.25) is 6.41 Å². The van der Waals surface area contributed by atoms with Crippen LogP contribution >= 0.6 is 34.8 Å². The van der Waals surface area contributed by atoms with Gasteiger partial charge in [0.05, 0.1) is 12.7 Å². The van der Waals surface area contributed by atoms with E-state index in [0.717, 1.165) is 5.56 Å². The van der Waals surface area contributed by atoms with Crippen LogP contribution in [0.3, 0.4) is 0 Å². The fourth-order valence-corrected chi connectivity index (χ4v) is 2.73. The summed E-state index contributed by atoms with van der Waals surface area (Å²) in [6.07, 6.45) is 2.28. The van der Waals surface area contributed by atoms with E-state index in [4.69, 9.17) is 34.8 Å². The summed E-state index contributed by atoms with van der Waals surface area (Å²) in [4.78, 5) is 17.1. The van der Waals surface area contributed by atoms with E-state index in [1.165, 1.54) is 9.42 Å². The molecule has 1 amide bonds. The molecule has 0 N–H and O–H groups in total. The zero-order valence-corrected chi connectivity index (χ0v) is 13.3. The van der Waals surface area contributed by atoms with Crippen LogP contribution in [0.15, 0.2) is 36.5 Å². The summed E-state index contributed by atoms with van der Waals surface area (Å²) in [5.41, 5.74) is 1.31. The van der Waals surface area contributed by atoms with E-state index in [-0.39, 0.29) is 11.7 Å². The average Bonchev–Trinajstić information content (AvgIpc) is 2.94. The Bertz CT molecular complexity index is 849. The predicted molar refractivity (Wildman–Crippen MR) is 86.7 cm³/mol. The second-order valence-corrected chi connectivity index (χ2v) is 5.74. The zero-order valence-electron chi connectivity index (χ0n) is 11.1. The van der Waals surface area contributed by atoms with Crippen LogP contribution in [0.1, 0.15) is 5.56 Å². The van der Waals surface area contributed by atoms with Gasteiger partial charge in [-0.15, -0.1) is 0 Å². The van der Waals surface area contributed by atoms with Crippen molar-refractivity contribution in [2.45, 2.75) is 6.54 Å². The average molecular weight is 356 g/mol. The minimum Gasteiger partial charge on any atom is -0.295 e. The number of nitrogens with zero attached hydrogens (tertiary/aromatic N) is 4. The maximum atomic E-state index is 11.5. The molecular formula is C14H9Cl3N4O. The molecule has 1 aromatic carbocycles. The van der Waals surface area contributed by atoms with E-state index in [9.17, 15) is 4.79 Å². The van der Waals surface area contributed by atoms with Gasteiger partial charge in [0.15, 0.2) is 5.65 Å². The van der Waals surface area contributed by atoms with E-state index < -0.39 is 0 Å². The Kier molecular flexibility index (Phi) is 4.20. The van der Waals surface area contributed by atoms with E-state index in [0.29, 0.717) is 27.9 Å². The number of benzene rings is 1. The van der Waals surface area contributed by atoms with Crippen molar-refractivity contribution in [1.29, 1.82) is 0 Å². The fraction of sp³-hybridized carbons (Fsp3) is 0.0714. The highest BCUT2D eigenvalue weighted by Crippen LogP contribution is 2.25. The molecule has 0 atom stereocenters. The van der Waals surface area contributed by atoms with Crippen molar-refractivity contribution in [2.75, 3.05) is 4.90 Å². The molecule has 0 saturated heterocycles. The number of carbonyl (C=O) groups excluding carboxylic acids is 1. The molecule has 22 heavy (non-hydrogen) atoms. The maximum absolute atomic E-state index is 11.5. The summed E-state index contributed by atoms with van der Waals surface area (Å²) in [5.74, 6) is 0.501. The first-order chi connectivity index (χ1) is 10.6. The van der Waals surface area contributed by atoms with E-state index in [1.54, 1.807) is 36.5 Å². The summed E-state index contributed by atoms with van der Waals surface area (Å²) in [6.45, 7) is 0.259. The zero-order chi connectivity index (χ0) is 15.7. The first-order valence-corrected chi connectivity index (χ1v) is 7.38. The van der Waals surface area contributed by atoms with Gasteiger partial charge in [-0.3, -0.25) is 9.69 Å². The van der Waals surface area contributed by atoms with Gasteiger partial charge >= 0.3 is 0 Å². The van der Waals surface area contributed by atoms with Crippen molar-refractivity contribution in [3.63, 3.8) is 0 Å². The number of hydrogen-bond acceptors (Lipinski definition) is 3. The predicted octanol–water partition coefficient (Wildman–Crippen LogP) is 3.85. The lowest BCUT2D eigenvalue weighted by Crippen LogP contribution is -2.23. The van der Waals surface area contributed by atoms with Crippen LogP contribution in [0.25, 0.3) is 5.65 Å². The number of aromatic nitrogens is 3. The lowest BCUT2D eigenvalue weighted by molar-refractivity contribution is -0.107. The summed E-state index contributed by atoms with van der Waals surface area (Å²) in [6, 6.07) is 8.39. The van der Waals surface area contributed by atoms with Crippen LogP contribution in [-0.2, 0) is 11.3 Å². The normalized spacial score (nSPS) is 10.9. The lowest BCUT2D eigenvalue weighted by atomic mass is 10.2. The van der Waals surface area contributed by atoms with Gasteiger partial charge in [-0.2, -0.15) is 9.61 Å². The molecule has 5 nitrogen and oxygen atoms in total. The van der Waals surface area contributed by atoms with Crippen LogP contribution in [0.4, 0.5) is 5.82 Å². The quantitative estimate of drug-likeness (QED) is 0.527. The van der Waals surface area contributed by atoms with Gasteiger partial charge in [0, 0.05) is 22.2 Å². The Hall–Kier alpha value is -1.82. The van der Waals surface area contributed by atoms with Gasteiger partial charge < -0.3 is 0 Å². The highest BCUT2D eigenvalue weighted by molar-refractivity contribution is 6.35.